The van der Waals surface area contributed by atoms with Crippen molar-refractivity contribution >= 4 is 11.6 Å². The molecule has 2 rings (SSSR count). The summed E-state index contributed by atoms with van der Waals surface area (Å²) in [6.07, 6.45) is -1.10. The SMILES string of the molecule is O=c1[nH]c(=O)n([C@H]2O[C@@H](CO)CC2O)cc1Cl. The van der Waals surface area contributed by atoms with E-state index in [9.17, 15) is 14.7 Å². The first-order chi connectivity index (χ1) is 8.02. The molecule has 0 saturated carbocycles. The lowest BCUT2D eigenvalue weighted by molar-refractivity contribution is -0.0530. The molecule has 0 bridgehead atoms. The maximum atomic E-state index is 11.5. The van der Waals surface area contributed by atoms with Gasteiger partial charge in [0, 0.05) is 12.6 Å². The van der Waals surface area contributed by atoms with Gasteiger partial charge in [-0.05, 0) is 0 Å². The monoisotopic (exact) mass is 262 g/mol. The van der Waals surface area contributed by atoms with E-state index in [-0.39, 0.29) is 18.1 Å². The van der Waals surface area contributed by atoms with Crippen molar-refractivity contribution in [2.24, 2.45) is 0 Å². The molecule has 1 fully saturated rings. The van der Waals surface area contributed by atoms with Crippen molar-refractivity contribution in [2.45, 2.75) is 24.9 Å². The molecule has 94 valence electrons. The second-order valence-corrected chi connectivity index (χ2v) is 4.19. The second kappa shape index (κ2) is 4.61. The first kappa shape index (κ1) is 12.3. The number of nitrogens with one attached hydrogen (secondary N) is 1. The molecule has 8 heteroatoms. The third-order valence-electron chi connectivity index (χ3n) is 2.57. The van der Waals surface area contributed by atoms with Crippen molar-refractivity contribution in [1.29, 1.82) is 0 Å². The summed E-state index contributed by atoms with van der Waals surface area (Å²) < 4.78 is 6.27. The lowest BCUT2D eigenvalue weighted by Gasteiger charge is -2.16. The van der Waals surface area contributed by atoms with Gasteiger partial charge >= 0.3 is 5.69 Å². The van der Waals surface area contributed by atoms with Gasteiger partial charge in [0.1, 0.15) is 11.1 Å². The molecule has 1 aliphatic heterocycles. The average Bonchev–Trinajstić information content (AvgIpc) is 2.65. The quantitative estimate of drug-likeness (QED) is 0.623. The molecule has 0 radical (unpaired) electrons. The molecule has 3 atom stereocenters. The zero-order valence-corrected chi connectivity index (χ0v) is 9.42. The van der Waals surface area contributed by atoms with Crippen LogP contribution in [0.2, 0.25) is 5.02 Å². The highest BCUT2D eigenvalue weighted by molar-refractivity contribution is 6.30. The maximum absolute atomic E-state index is 11.5. The van der Waals surface area contributed by atoms with Crippen LogP contribution < -0.4 is 11.2 Å². The van der Waals surface area contributed by atoms with Gasteiger partial charge in [-0.15, -0.1) is 0 Å². The number of hydrogen-bond acceptors (Lipinski definition) is 5. The van der Waals surface area contributed by atoms with Crippen LogP contribution in [0.4, 0.5) is 0 Å². The number of aromatic amines is 1. The van der Waals surface area contributed by atoms with Gasteiger partial charge in [0.25, 0.3) is 5.56 Å². The fourth-order valence-electron chi connectivity index (χ4n) is 1.75. The summed E-state index contributed by atoms with van der Waals surface area (Å²) in [5, 5.41) is 18.4. The molecule has 7 nitrogen and oxygen atoms in total. The second-order valence-electron chi connectivity index (χ2n) is 3.78. The van der Waals surface area contributed by atoms with Crippen LogP contribution in [-0.4, -0.2) is 38.6 Å². The molecule has 2 heterocycles. The van der Waals surface area contributed by atoms with Gasteiger partial charge in [-0.25, -0.2) is 4.79 Å². The zero-order valence-electron chi connectivity index (χ0n) is 8.67. The predicted molar refractivity (Wildman–Crippen MR) is 58.0 cm³/mol. The van der Waals surface area contributed by atoms with E-state index in [1.54, 1.807) is 0 Å². The summed E-state index contributed by atoms with van der Waals surface area (Å²) in [6.45, 7) is -0.251. The maximum Gasteiger partial charge on any atom is 0.330 e. The van der Waals surface area contributed by atoms with Crippen molar-refractivity contribution in [1.82, 2.24) is 9.55 Å². The number of aliphatic hydroxyl groups is 2. The van der Waals surface area contributed by atoms with Crippen LogP contribution in [0.1, 0.15) is 12.6 Å². The number of nitrogens with zero attached hydrogens (tertiary/aromatic N) is 1. The summed E-state index contributed by atoms with van der Waals surface area (Å²) in [4.78, 5) is 24.6. The Hall–Kier alpha value is -1.15. The number of hydrogen-bond donors (Lipinski definition) is 3. The molecule has 0 aromatic carbocycles. The van der Waals surface area contributed by atoms with Gasteiger partial charge in [0.05, 0.1) is 12.7 Å². The van der Waals surface area contributed by atoms with Crippen molar-refractivity contribution < 1.29 is 14.9 Å². The van der Waals surface area contributed by atoms with Gasteiger partial charge in [-0.1, -0.05) is 11.6 Å². The molecular formula is C9H11ClN2O5. The molecule has 1 unspecified atom stereocenters. The molecule has 0 aliphatic carbocycles. The number of halogens is 1. The van der Waals surface area contributed by atoms with Crippen LogP contribution in [0, 0.1) is 0 Å². The standard InChI is InChI=1S/C9H11ClN2O5/c10-5-2-12(9(16)11-7(5)15)8-6(14)1-4(3-13)17-8/h2,4,6,8,13-14H,1,3H2,(H,11,15,16)/t4-,6?,8+/m1/s1. The first-order valence-electron chi connectivity index (χ1n) is 4.98. The fourth-order valence-corrected chi connectivity index (χ4v) is 1.90. The van der Waals surface area contributed by atoms with Crippen LogP contribution >= 0.6 is 11.6 Å². The minimum atomic E-state index is -0.950. The molecule has 1 saturated heterocycles. The molecule has 3 N–H and O–H groups in total. The van der Waals surface area contributed by atoms with E-state index in [0.717, 1.165) is 10.8 Å². The first-order valence-corrected chi connectivity index (χ1v) is 5.36. The largest absolute Gasteiger partial charge is 0.394 e. The number of aliphatic hydroxyl groups excluding tert-OH is 2. The highest BCUT2D eigenvalue weighted by Crippen LogP contribution is 2.27. The topological polar surface area (TPSA) is 105 Å². The Morgan fingerprint density at radius 1 is 1.59 bits per heavy atom. The van der Waals surface area contributed by atoms with Gasteiger partial charge in [-0.3, -0.25) is 14.3 Å². The molecule has 17 heavy (non-hydrogen) atoms. The smallest absolute Gasteiger partial charge is 0.330 e. The van der Waals surface area contributed by atoms with E-state index in [1.807, 2.05) is 4.98 Å². The number of aromatic nitrogens is 2. The van der Waals surface area contributed by atoms with Crippen LogP contribution in [0.3, 0.4) is 0 Å². The van der Waals surface area contributed by atoms with Crippen LogP contribution in [0.25, 0.3) is 0 Å². The van der Waals surface area contributed by atoms with Crippen molar-refractivity contribution in [3.8, 4) is 0 Å². The Balaban J connectivity index is 2.38. The van der Waals surface area contributed by atoms with E-state index < -0.39 is 29.7 Å². The normalized spacial score (nSPS) is 28.5. The summed E-state index contributed by atoms with van der Waals surface area (Å²) in [7, 11) is 0. The molecule has 1 aliphatic rings. The minimum Gasteiger partial charge on any atom is -0.394 e. The van der Waals surface area contributed by atoms with Crippen LogP contribution in [0.15, 0.2) is 15.8 Å². The molecular weight excluding hydrogens is 252 g/mol. The third-order valence-corrected chi connectivity index (χ3v) is 2.84. The highest BCUT2D eigenvalue weighted by Gasteiger charge is 2.35. The van der Waals surface area contributed by atoms with Crippen LogP contribution in [-0.2, 0) is 4.74 Å². The van der Waals surface area contributed by atoms with Crippen molar-refractivity contribution in [3.05, 3.63) is 32.1 Å². The van der Waals surface area contributed by atoms with E-state index in [0.29, 0.717) is 0 Å². The Morgan fingerprint density at radius 2 is 2.29 bits per heavy atom. The summed E-state index contributed by atoms with van der Waals surface area (Å²) in [6, 6.07) is 0. The van der Waals surface area contributed by atoms with Gasteiger partial charge < -0.3 is 14.9 Å². The van der Waals surface area contributed by atoms with Gasteiger partial charge in [0.2, 0.25) is 0 Å². The summed E-state index contributed by atoms with van der Waals surface area (Å²) in [5.41, 5.74) is -1.42. The van der Waals surface area contributed by atoms with E-state index >= 15 is 0 Å². The molecule has 1 aromatic rings. The fraction of sp³-hybridized carbons (Fsp3) is 0.556. The molecule has 0 amide bonds. The van der Waals surface area contributed by atoms with Gasteiger partial charge in [0.15, 0.2) is 6.23 Å². The number of H-pyrrole nitrogens is 1. The molecule has 1 aromatic heterocycles. The highest BCUT2D eigenvalue weighted by atomic mass is 35.5. The summed E-state index contributed by atoms with van der Waals surface area (Å²) in [5.74, 6) is 0. The van der Waals surface area contributed by atoms with E-state index in [1.165, 1.54) is 0 Å². The average molecular weight is 263 g/mol. The van der Waals surface area contributed by atoms with Crippen molar-refractivity contribution in [2.75, 3.05) is 6.61 Å². The Labute approximate surface area is 100 Å². The van der Waals surface area contributed by atoms with Crippen molar-refractivity contribution in [3.63, 3.8) is 0 Å². The Bertz CT molecular complexity index is 525. The predicted octanol–water partition coefficient (Wildman–Crippen LogP) is -1.17. The zero-order chi connectivity index (χ0) is 12.6. The van der Waals surface area contributed by atoms with Gasteiger partial charge in [-0.2, -0.15) is 0 Å². The molecule has 0 spiro atoms. The number of ether oxygens (including phenoxy) is 1. The van der Waals surface area contributed by atoms with E-state index in [4.69, 9.17) is 21.4 Å². The summed E-state index contributed by atoms with van der Waals surface area (Å²) >= 11 is 5.59. The lowest BCUT2D eigenvalue weighted by atomic mass is 10.2. The lowest BCUT2D eigenvalue weighted by Crippen LogP contribution is -2.35. The van der Waals surface area contributed by atoms with E-state index in [2.05, 4.69) is 0 Å². The number of rotatable bonds is 2. The minimum absolute atomic E-state index is 0.173. The van der Waals surface area contributed by atoms with Crippen LogP contribution in [0.5, 0.6) is 0 Å². The Kier molecular flexibility index (Phi) is 3.34. The third kappa shape index (κ3) is 2.27. The Morgan fingerprint density at radius 3 is 2.88 bits per heavy atom.